The summed E-state index contributed by atoms with van der Waals surface area (Å²) in [7, 11) is 0. The first-order chi connectivity index (χ1) is 22.2. The minimum atomic E-state index is -0.415. The first kappa shape index (κ1) is 14.6. The Morgan fingerprint density at radius 1 is 0.447 bits per heavy atom. The molecular formula is C36H24N2. The zero-order valence-corrected chi connectivity index (χ0v) is 20.1. The molecule has 0 amide bonds. The first-order valence-electron chi connectivity index (χ1n) is 16.4. The molecule has 0 radical (unpaired) electrons. The van der Waals surface area contributed by atoms with E-state index in [9.17, 15) is 2.74 Å². The van der Waals surface area contributed by atoms with Crippen molar-refractivity contribution in [1.29, 1.82) is 0 Å². The standard InChI is InChI=1S/C36H24N2/c1-2-12-25(13-3-1)26-14-10-15-27(24-26)37-33-21-9-6-18-30(33)36-34(37)22-11-23-35(36)38-31-19-7-4-16-28(31)29-17-5-8-20-32(29)38/h1-24H/i1D,6D,9D,11D,18D,21D,22D,23D. The molecule has 0 saturated carbocycles. The summed E-state index contributed by atoms with van der Waals surface area (Å²) in [5, 5.41) is 2.36. The second-order valence-electron chi connectivity index (χ2n) is 9.21. The molecule has 0 bridgehead atoms. The van der Waals surface area contributed by atoms with Crippen molar-refractivity contribution in [3.63, 3.8) is 0 Å². The van der Waals surface area contributed by atoms with E-state index in [1.807, 2.05) is 83.4 Å². The van der Waals surface area contributed by atoms with E-state index in [4.69, 9.17) is 8.22 Å². The average Bonchev–Trinajstić information content (AvgIpc) is 3.60. The molecule has 0 aliphatic carbocycles. The summed E-state index contributed by atoms with van der Waals surface area (Å²) in [5.41, 5.74) is 4.42. The van der Waals surface area contributed by atoms with Gasteiger partial charge in [-0.05, 0) is 53.5 Å². The fraction of sp³-hybridized carbons (Fsp3) is 0. The number of nitrogens with zero attached hydrogens (tertiary/aromatic N) is 2. The molecule has 0 spiro atoms. The lowest BCUT2D eigenvalue weighted by atomic mass is 10.1. The zero-order valence-electron chi connectivity index (χ0n) is 28.1. The number of fused-ring (bicyclic) bond motifs is 6. The third-order valence-electron chi connectivity index (χ3n) is 7.16. The predicted octanol–water partition coefficient (Wildman–Crippen LogP) is 9.55. The van der Waals surface area contributed by atoms with Crippen LogP contribution in [0, 0.1) is 0 Å². The van der Waals surface area contributed by atoms with Crippen LogP contribution < -0.4 is 0 Å². The fourth-order valence-corrected chi connectivity index (χ4v) is 5.55. The molecular weight excluding hydrogens is 460 g/mol. The van der Waals surface area contributed by atoms with Gasteiger partial charge in [-0.15, -0.1) is 0 Å². The third-order valence-corrected chi connectivity index (χ3v) is 7.16. The van der Waals surface area contributed by atoms with Gasteiger partial charge in [0.25, 0.3) is 0 Å². The van der Waals surface area contributed by atoms with Crippen LogP contribution >= 0.6 is 0 Å². The molecule has 8 aromatic rings. The minimum Gasteiger partial charge on any atom is -0.309 e. The SMILES string of the molecule is [2H]c1ccc(-c2cccc(-n3c4c([2H])c([2H])c([2H])c([2H])c4c4c(-n5c6ccccc6c6ccccc65)c([2H])c([2H])c([2H])c43)c2)cc1. The van der Waals surface area contributed by atoms with Crippen LogP contribution in [0.1, 0.15) is 11.0 Å². The summed E-state index contributed by atoms with van der Waals surface area (Å²) in [6, 6.07) is 28.2. The maximum atomic E-state index is 9.27. The van der Waals surface area contributed by atoms with E-state index in [2.05, 4.69) is 0 Å². The number of aromatic nitrogens is 2. The highest BCUT2D eigenvalue weighted by Crippen LogP contribution is 2.40. The Hall–Kier alpha value is -5.08. The van der Waals surface area contributed by atoms with Crippen LogP contribution in [0.5, 0.6) is 0 Å². The Kier molecular flexibility index (Phi) is 3.16. The topological polar surface area (TPSA) is 9.86 Å². The zero-order chi connectivity index (χ0) is 32.0. The van der Waals surface area contributed by atoms with E-state index >= 15 is 0 Å². The Balaban J connectivity index is 1.62. The van der Waals surface area contributed by atoms with Crippen molar-refractivity contribution in [3.05, 3.63) is 145 Å². The average molecular weight is 493 g/mol. The van der Waals surface area contributed by atoms with Crippen LogP contribution in [0.15, 0.2) is 145 Å². The van der Waals surface area contributed by atoms with Crippen molar-refractivity contribution < 1.29 is 11.0 Å². The summed E-state index contributed by atoms with van der Waals surface area (Å²) < 4.78 is 74.3. The summed E-state index contributed by atoms with van der Waals surface area (Å²) >= 11 is 0. The lowest BCUT2D eigenvalue weighted by Gasteiger charge is -2.12. The minimum absolute atomic E-state index is 0.167. The van der Waals surface area contributed by atoms with Crippen molar-refractivity contribution in [1.82, 2.24) is 9.13 Å². The van der Waals surface area contributed by atoms with Crippen LogP contribution in [0.25, 0.3) is 66.1 Å². The number of hydrogen-bond acceptors (Lipinski definition) is 0. The van der Waals surface area contributed by atoms with Gasteiger partial charge in [0.1, 0.15) is 0 Å². The molecule has 2 nitrogen and oxygen atoms in total. The van der Waals surface area contributed by atoms with E-state index in [0.29, 0.717) is 17.1 Å². The van der Waals surface area contributed by atoms with Crippen molar-refractivity contribution in [2.45, 2.75) is 0 Å². The van der Waals surface area contributed by atoms with E-state index in [1.165, 1.54) is 0 Å². The second kappa shape index (κ2) is 8.22. The van der Waals surface area contributed by atoms with E-state index in [1.54, 1.807) is 22.8 Å². The van der Waals surface area contributed by atoms with Gasteiger partial charge in [-0.25, -0.2) is 0 Å². The Bertz CT molecular complexity index is 2510. The molecule has 178 valence electrons. The highest BCUT2D eigenvalue weighted by molar-refractivity contribution is 6.16. The maximum absolute atomic E-state index is 9.27. The molecule has 0 saturated heterocycles. The molecule has 6 aromatic carbocycles. The smallest absolute Gasteiger partial charge is 0.0645 e. The van der Waals surface area contributed by atoms with Gasteiger partial charge in [-0.3, -0.25) is 0 Å². The monoisotopic (exact) mass is 492 g/mol. The molecule has 2 heteroatoms. The van der Waals surface area contributed by atoms with Crippen LogP contribution in [0.2, 0.25) is 0 Å². The Morgan fingerprint density at radius 3 is 1.92 bits per heavy atom. The number of hydrogen-bond donors (Lipinski definition) is 0. The third kappa shape index (κ3) is 3.01. The van der Waals surface area contributed by atoms with Crippen molar-refractivity contribution in [2.24, 2.45) is 0 Å². The number of rotatable bonds is 3. The highest BCUT2D eigenvalue weighted by atomic mass is 15.0. The van der Waals surface area contributed by atoms with Gasteiger partial charge in [0.15, 0.2) is 0 Å². The number of para-hydroxylation sites is 3. The lowest BCUT2D eigenvalue weighted by Crippen LogP contribution is -1.96. The molecule has 2 aromatic heterocycles. The van der Waals surface area contributed by atoms with Crippen LogP contribution in [-0.2, 0) is 0 Å². The second-order valence-corrected chi connectivity index (χ2v) is 9.21. The fourth-order valence-electron chi connectivity index (χ4n) is 5.55. The van der Waals surface area contributed by atoms with Gasteiger partial charge in [0, 0.05) is 27.2 Å². The Labute approximate surface area is 231 Å². The van der Waals surface area contributed by atoms with E-state index in [0.717, 1.165) is 32.9 Å². The molecule has 0 unspecified atom stereocenters. The van der Waals surface area contributed by atoms with Crippen LogP contribution in [0.4, 0.5) is 0 Å². The predicted molar refractivity (Wildman–Crippen MR) is 161 cm³/mol. The van der Waals surface area contributed by atoms with Crippen molar-refractivity contribution in [3.8, 4) is 22.5 Å². The highest BCUT2D eigenvalue weighted by Gasteiger charge is 2.19. The largest absolute Gasteiger partial charge is 0.309 e. The van der Waals surface area contributed by atoms with Gasteiger partial charge in [-0.1, -0.05) is 103 Å². The van der Waals surface area contributed by atoms with Gasteiger partial charge < -0.3 is 9.13 Å². The molecule has 8 rings (SSSR count). The molecule has 0 N–H and O–H groups in total. The molecule has 0 atom stereocenters. The van der Waals surface area contributed by atoms with Crippen LogP contribution in [0.3, 0.4) is 0 Å². The molecule has 0 aliphatic rings. The first-order valence-corrected chi connectivity index (χ1v) is 12.4. The van der Waals surface area contributed by atoms with Gasteiger partial charge in [-0.2, -0.15) is 0 Å². The maximum Gasteiger partial charge on any atom is 0.0645 e. The van der Waals surface area contributed by atoms with Crippen LogP contribution in [-0.4, -0.2) is 9.13 Å². The summed E-state index contributed by atoms with van der Waals surface area (Å²) in [4.78, 5) is 0. The van der Waals surface area contributed by atoms with Gasteiger partial charge in [0.2, 0.25) is 0 Å². The summed E-state index contributed by atoms with van der Waals surface area (Å²) in [6.45, 7) is 0. The molecule has 2 heterocycles. The van der Waals surface area contributed by atoms with Gasteiger partial charge in [0.05, 0.1) is 38.7 Å². The molecule has 38 heavy (non-hydrogen) atoms. The van der Waals surface area contributed by atoms with E-state index in [-0.39, 0.29) is 52.3 Å². The normalized spacial score (nSPS) is 14.6. The summed E-state index contributed by atoms with van der Waals surface area (Å²) in [6.07, 6.45) is 0. The summed E-state index contributed by atoms with van der Waals surface area (Å²) in [5.74, 6) is 0. The van der Waals surface area contributed by atoms with Gasteiger partial charge >= 0.3 is 0 Å². The van der Waals surface area contributed by atoms with Crippen molar-refractivity contribution in [2.75, 3.05) is 0 Å². The van der Waals surface area contributed by atoms with E-state index < -0.39 is 12.1 Å². The Morgan fingerprint density at radius 2 is 1.13 bits per heavy atom. The molecule has 0 aliphatic heterocycles. The quantitative estimate of drug-likeness (QED) is 0.232. The molecule has 0 fully saturated rings. The number of benzene rings is 6. The lowest BCUT2D eigenvalue weighted by molar-refractivity contribution is 1.17. The van der Waals surface area contributed by atoms with Crippen molar-refractivity contribution >= 4 is 43.6 Å².